The van der Waals surface area contributed by atoms with E-state index < -0.39 is 11.4 Å². The number of benzene rings is 1. The second-order valence-electron chi connectivity index (χ2n) is 5.50. The maximum Gasteiger partial charge on any atom is 0.303 e. The molecule has 19 heavy (non-hydrogen) atoms. The number of aliphatic carboxylic acids is 1. The van der Waals surface area contributed by atoms with Gasteiger partial charge in [0.05, 0.1) is 6.42 Å². The molecule has 0 aliphatic rings. The second-order valence-corrected chi connectivity index (χ2v) is 5.50. The van der Waals surface area contributed by atoms with Gasteiger partial charge in [0.1, 0.15) is 5.52 Å². The van der Waals surface area contributed by atoms with Crippen molar-refractivity contribution in [2.45, 2.75) is 33.2 Å². The molecule has 1 aromatic heterocycles. The van der Waals surface area contributed by atoms with Gasteiger partial charge < -0.3 is 15.3 Å². The average Bonchev–Trinajstić information content (AvgIpc) is 2.65. The molecular formula is C14H18N2O3. The standard InChI is InChI=1S/C14H18N2O3/c1-8-16-10-6-9(4-5-11(10)19-8)13(15)14(2,3)7-12(17)18/h4-6,13H,7,15H2,1-3H3,(H,17,18). The van der Waals surface area contributed by atoms with Crippen molar-refractivity contribution >= 4 is 17.1 Å². The van der Waals surface area contributed by atoms with Gasteiger partial charge in [-0.2, -0.15) is 0 Å². The van der Waals surface area contributed by atoms with Crippen molar-refractivity contribution in [3.05, 3.63) is 29.7 Å². The Labute approximate surface area is 111 Å². The highest BCUT2D eigenvalue weighted by atomic mass is 16.4. The highest BCUT2D eigenvalue weighted by Crippen LogP contribution is 2.35. The first-order chi connectivity index (χ1) is 8.79. The van der Waals surface area contributed by atoms with Crippen LogP contribution < -0.4 is 5.73 Å². The van der Waals surface area contributed by atoms with Gasteiger partial charge in [-0.3, -0.25) is 4.79 Å². The van der Waals surface area contributed by atoms with Gasteiger partial charge in [0.2, 0.25) is 0 Å². The lowest BCUT2D eigenvalue weighted by Crippen LogP contribution is -2.31. The molecule has 2 aromatic rings. The largest absolute Gasteiger partial charge is 0.481 e. The smallest absolute Gasteiger partial charge is 0.303 e. The molecule has 1 atom stereocenters. The summed E-state index contributed by atoms with van der Waals surface area (Å²) < 4.78 is 5.41. The molecule has 0 saturated carbocycles. The molecule has 1 heterocycles. The van der Waals surface area contributed by atoms with Gasteiger partial charge >= 0.3 is 5.97 Å². The number of fused-ring (bicyclic) bond motifs is 1. The number of carboxylic acids is 1. The normalized spacial score (nSPS) is 13.7. The molecule has 0 aliphatic carbocycles. The van der Waals surface area contributed by atoms with Crippen LogP contribution in [0.5, 0.6) is 0 Å². The molecule has 0 aliphatic heterocycles. The molecule has 0 bridgehead atoms. The number of oxazole rings is 1. The van der Waals surface area contributed by atoms with Crippen molar-refractivity contribution in [1.29, 1.82) is 0 Å². The summed E-state index contributed by atoms with van der Waals surface area (Å²) in [6.45, 7) is 5.49. The first kappa shape index (κ1) is 13.5. The fourth-order valence-electron chi connectivity index (χ4n) is 2.20. The van der Waals surface area contributed by atoms with Crippen LogP contribution in [0.2, 0.25) is 0 Å². The number of carboxylic acid groups (broad SMARTS) is 1. The van der Waals surface area contributed by atoms with E-state index in [-0.39, 0.29) is 12.5 Å². The molecule has 1 unspecified atom stereocenters. The van der Waals surface area contributed by atoms with Crippen LogP contribution in [0.15, 0.2) is 22.6 Å². The second kappa shape index (κ2) is 4.66. The molecule has 1 aromatic carbocycles. The molecule has 3 N–H and O–H groups in total. The highest BCUT2D eigenvalue weighted by Gasteiger charge is 2.30. The molecule has 5 heteroatoms. The fraction of sp³-hybridized carbons (Fsp3) is 0.429. The van der Waals surface area contributed by atoms with Crippen LogP contribution in [0.1, 0.15) is 37.8 Å². The molecule has 0 amide bonds. The Hall–Kier alpha value is -1.88. The van der Waals surface area contributed by atoms with Crippen LogP contribution in [0.4, 0.5) is 0 Å². The number of hydrogen-bond donors (Lipinski definition) is 2. The molecule has 0 radical (unpaired) electrons. The Morgan fingerprint density at radius 3 is 2.84 bits per heavy atom. The van der Waals surface area contributed by atoms with E-state index in [1.807, 2.05) is 32.0 Å². The third kappa shape index (κ3) is 2.76. The quantitative estimate of drug-likeness (QED) is 0.884. The lowest BCUT2D eigenvalue weighted by Gasteiger charge is -2.30. The summed E-state index contributed by atoms with van der Waals surface area (Å²) in [6.07, 6.45) is 0.0179. The van der Waals surface area contributed by atoms with E-state index in [4.69, 9.17) is 15.3 Å². The summed E-state index contributed by atoms with van der Waals surface area (Å²) in [7, 11) is 0. The predicted octanol–water partition coefficient (Wildman–Crippen LogP) is 2.64. The van der Waals surface area contributed by atoms with Gasteiger partial charge in [-0.15, -0.1) is 0 Å². The maximum absolute atomic E-state index is 10.9. The summed E-state index contributed by atoms with van der Waals surface area (Å²) in [4.78, 5) is 15.1. The van der Waals surface area contributed by atoms with Crippen molar-refractivity contribution in [3.63, 3.8) is 0 Å². The van der Waals surface area contributed by atoms with Crippen LogP contribution in [-0.2, 0) is 4.79 Å². The Bertz CT molecular complexity index is 616. The number of carbonyl (C=O) groups is 1. The number of rotatable bonds is 4. The van der Waals surface area contributed by atoms with Crippen molar-refractivity contribution in [2.24, 2.45) is 11.1 Å². The summed E-state index contributed by atoms with van der Waals surface area (Å²) in [5.74, 6) is -0.246. The van der Waals surface area contributed by atoms with E-state index in [2.05, 4.69) is 4.98 Å². The summed E-state index contributed by atoms with van der Waals surface area (Å²) >= 11 is 0. The van der Waals surface area contributed by atoms with E-state index in [0.29, 0.717) is 11.5 Å². The summed E-state index contributed by atoms with van der Waals surface area (Å²) in [6, 6.07) is 5.17. The van der Waals surface area contributed by atoms with Crippen molar-refractivity contribution in [1.82, 2.24) is 4.98 Å². The molecular weight excluding hydrogens is 244 g/mol. The molecule has 0 saturated heterocycles. The van der Waals surface area contributed by atoms with Crippen molar-refractivity contribution in [2.75, 3.05) is 0 Å². The van der Waals surface area contributed by atoms with Gasteiger partial charge in [0, 0.05) is 13.0 Å². The van der Waals surface area contributed by atoms with Crippen LogP contribution >= 0.6 is 0 Å². The predicted molar refractivity (Wildman–Crippen MR) is 71.7 cm³/mol. The van der Waals surface area contributed by atoms with Crippen LogP contribution in [0, 0.1) is 12.3 Å². The van der Waals surface area contributed by atoms with Gasteiger partial charge in [-0.1, -0.05) is 19.9 Å². The number of aromatic nitrogens is 1. The van der Waals surface area contributed by atoms with E-state index in [0.717, 1.165) is 11.1 Å². The number of nitrogens with zero attached hydrogens (tertiary/aromatic N) is 1. The van der Waals surface area contributed by atoms with Gasteiger partial charge in [-0.25, -0.2) is 4.98 Å². The first-order valence-corrected chi connectivity index (χ1v) is 6.14. The minimum absolute atomic E-state index is 0.0179. The number of nitrogens with two attached hydrogens (primary N) is 1. The Kier molecular flexibility index (Phi) is 3.32. The number of aryl methyl sites for hydroxylation is 1. The van der Waals surface area contributed by atoms with Crippen molar-refractivity contribution < 1.29 is 14.3 Å². The van der Waals surface area contributed by atoms with Gasteiger partial charge in [-0.05, 0) is 23.1 Å². The summed E-state index contributed by atoms with van der Waals surface area (Å²) in [5.41, 5.74) is 7.99. The van der Waals surface area contributed by atoms with E-state index in [1.165, 1.54) is 0 Å². The monoisotopic (exact) mass is 262 g/mol. The third-order valence-corrected chi connectivity index (χ3v) is 3.33. The van der Waals surface area contributed by atoms with Crippen molar-refractivity contribution in [3.8, 4) is 0 Å². The molecule has 0 fully saturated rings. The minimum atomic E-state index is -0.848. The Morgan fingerprint density at radius 1 is 1.53 bits per heavy atom. The maximum atomic E-state index is 10.9. The molecule has 102 valence electrons. The van der Waals surface area contributed by atoms with Gasteiger partial charge in [0.25, 0.3) is 0 Å². The zero-order valence-corrected chi connectivity index (χ0v) is 11.3. The van der Waals surface area contributed by atoms with Crippen LogP contribution in [0.25, 0.3) is 11.1 Å². The van der Waals surface area contributed by atoms with Crippen LogP contribution in [-0.4, -0.2) is 16.1 Å². The van der Waals surface area contributed by atoms with E-state index in [1.54, 1.807) is 6.92 Å². The Balaban J connectivity index is 2.34. The fourth-order valence-corrected chi connectivity index (χ4v) is 2.20. The minimum Gasteiger partial charge on any atom is -0.481 e. The molecule has 5 nitrogen and oxygen atoms in total. The lowest BCUT2D eigenvalue weighted by molar-refractivity contribution is -0.139. The average molecular weight is 262 g/mol. The zero-order valence-electron chi connectivity index (χ0n) is 11.3. The third-order valence-electron chi connectivity index (χ3n) is 3.33. The van der Waals surface area contributed by atoms with E-state index >= 15 is 0 Å². The van der Waals surface area contributed by atoms with Gasteiger partial charge in [0.15, 0.2) is 11.5 Å². The van der Waals surface area contributed by atoms with Crippen LogP contribution in [0.3, 0.4) is 0 Å². The number of hydrogen-bond acceptors (Lipinski definition) is 4. The lowest BCUT2D eigenvalue weighted by atomic mass is 9.78. The van der Waals surface area contributed by atoms with E-state index in [9.17, 15) is 4.79 Å². The first-order valence-electron chi connectivity index (χ1n) is 6.14. The molecule has 0 spiro atoms. The summed E-state index contributed by atoms with van der Waals surface area (Å²) in [5, 5.41) is 8.94. The molecule has 2 rings (SSSR count). The zero-order chi connectivity index (χ0) is 14.2. The highest BCUT2D eigenvalue weighted by molar-refractivity contribution is 5.73. The SMILES string of the molecule is Cc1nc2cc(C(N)C(C)(C)CC(=O)O)ccc2o1. The topological polar surface area (TPSA) is 89.3 Å². The Morgan fingerprint density at radius 2 is 2.21 bits per heavy atom.